The number of nitrogens with zero attached hydrogens (tertiary/aromatic N) is 4. The van der Waals surface area contributed by atoms with Crippen LogP contribution in [0.3, 0.4) is 0 Å². The van der Waals surface area contributed by atoms with Gasteiger partial charge in [0.2, 0.25) is 0 Å². The van der Waals surface area contributed by atoms with Gasteiger partial charge in [-0.2, -0.15) is 0 Å². The molecular weight excluding hydrogens is 357 g/mol. The maximum Gasteiger partial charge on any atom is 0.194 e. The number of aliphatic hydroxyl groups is 1. The molecule has 0 bridgehead atoms. The zero-order valence-electron chi connectivity index (χ0n) is 11.0. The first kappa shape index (κ1) is 14.4. The SMILES string of the molecule is CC(CC[C@H](C)CO)n1cnc2c(N)nc(I)nc21. The van der Waals surface area contributed by atoms with Gasteiger partial charge in [0, 0.05) is 35.2 Å². The fourth-order valence-electron chi connectivity index (χ4n) is 1.99. The molecule has 0 amide bonds. The summed E-state index contributed by atoms with van der Waals surface area (Å²) in [6.07, 6.45) is 3.70. The maximum atomic E-state index is 9.07. The summed E-state index contributed by atoms with van der Waals surface area (Å²) in [5, 5.41) is 9.07. The molecule has 0 radical (unpaired) electrons. The number of halogens is 1. The van der Waals surface area contributed by atoms with Gasteiger partial charge in [-0.25, -0.2) is 15.0 Å². The van der Waals surface area contributed by atoms with Crippen molar-refractivity contribution < 1.29 is 5.11 Å². The molecule has 1 unspecified atom stereocenters. The number of fused-ring (bicyclic) bond motifs is 1. The van der Waals surface area contributed by atoms with Crippen LogP contribution in [-0.4, -0.2) is 31.2 Å². The van der Waals surface area contributed by atoms with Crippen molar-refractivity contribution in [2.75, 3.05) is 12.3 Å². The van der Waals surface area contributed by atoms with Gasteiger partial charge in [-0.15, -0.1) is 0 Å². The van der Waals surface area contributed by atoms with Crippen LogP contribution >= 0.6 is 22.6 Å². The molecular formula is C12H18IN5O. The van der Waals surface area contributed by atoms with E-state index in [9.17, 15) is 0 Å². The number of nitrogens with two attached hydrogens (primary N) is 1. The highest BCUT2D eigenvalue weighted by Crippen LogP contribution is 2.23. The predicted octanol–water partition coefficient (Wildman–Crippen LogP) is 1.98. The summed E-state index contributed by atoms with van der Waals surface area (Å²) in [4.78, 5) is 12.8. The van der Waals surface area contributed by atoms with E-state index >= 15 is 0 Å². The lowest BCUT2D eigenvalue weighted by molar-refractivity contribution is 0.223. The van der Waals surface area contributed by atoms with E-state index in [0.29, 0.717) is 21.1 Å². The summed E-state index contributed by atoms with van der Waals surface area (Å²) in [6.45, 7) is 4.39. The Balaban J connectivity index is 2.25. The maximum absolute atomic E-state index is 9.07. The molecule has 2 heterocycles. The lowest BCUT2D eigenvalue weighted by Gasteiger charge is -2.16. The Kier molecular flexibility index (Phi) is 4.56. The Morgan fingerprint density at radius 1 is 1.37 bits per heavy atom. The fourth-order valence-corrected chi connectivity index (χ4v) is 2.48. The molecule has 104 valence electrons. The summed E-state index contributed by atoms with van der Waals surface area (Å²) in [5.74, 6) is 0.737. The van der Waals surface area contributed by atoms with E-state index in [0.717, 1.165) is 18.5 Å². The van der Waals surface area contributed by atoms with Gasteiger partial charge in [-0.1, -0.05) is 6.92 Å². The molecule has 0 spiro atoms. The van der Waals surface area contributed by atoms with Crippen LogP contribution in [0.15, 0.2) is 6.33 Å². The molecule has 2 aromatic heterocycles. The third-order valence-electron chi connectivity index (χ3n) is 3.28. The van der Waals surface area contributed by atoms with E-state index in [4.69, 9.17) is 10.8 Å². The van der Waals surface area contributed by atoms with Crippen LogP contribution in [0.2, 0.25) is 0 Å². The van der Waals surface area contributed by atoms with E-state index in [-0.39, 0.29) is 12.6 Å². The molecule has 19 heavy (non-hydrogen) atoms. The van der Waals surface area contributed by atoms with Gasteiger partial charge in [-0.3, -0.25) is 0 Å². The molecule has 2 aromatic rings. The van der Waals surface area contributed by atoms with Crippen LogP contribution in [0.5, 0.6) is 0 Å². The van der Waals surface area contributed by atoms with Gasteiger partial charge >= 0.3 is 0 Å². The van der Waals surface area contributed by atoms with Crippen LogP contribution in [0.25, 0.3) is 11.2 Å². The van der Waals surface area contributed by atoms with Crippen molar-refractivity contribution in [3.63, 3.8) is 0 Å². The number of rotatable bonds is 5. The van der Waals surface area contributed by atoms with Crippen LogP contribution in [0.4, 0.5) is 5.82 Å². The Hall–Kier alpha value is -0.960. The molecule has 0 saturated carbocycles. The number of nitrogen functional groups attached to an aromatic ring is 1. The number of hydrogen-bond acceptors (Lipinski definition) is 5. The van der Waals surface area contributed by atoms with Gasteiger partial charge in [-0.05, 0) is 25.7 Å². The summed E-state index contributed by atoms with van der Waals surface area (Å²) in [5.41, 5.74) is 7.28. The average molecular weight is 375 g/mol. The second-order valence-electron chi connectivity index (χ2n) is 4.92. The third-order valence-corrected chi connectivity index (χ3v) is 3.77. The summed E-state index contributed by atoms with van der Waals surface area (Å²) in [6, 6.07) is 0.268. The van der Waals surface area contributed by atoms with Gasteiger partial charge in [0.25, 0.3) is 0 Å². The summed E-state index contributed by atoms with van der Waals surface area (Å²) < 4.78 is 2.65. The standard InChI is InChI=1S/C12H18IN5O/c1-7(5-19)3-4-8(2)18-6-15-9-10(14)16-12(13)17-11(9)18/h6-8,19H,3-5H2,1-2H3,(H2,14,16,17)/t7-,8?/m0/s1. The number of anilines is 1. The zero-order chi connectivity index (χ0) is 14.0. The second kappa shape index (κ2) is 6.00. The van der Waals surface area contributed by atoms with Gasteiger partial charge in [0.05, 0.1) is 6.33 Å². The molecule has 0 fully saturated rings. The fraction of sp³-hybridized carbons (Fsp3) is 0.583. The van der Waals surface area contributed by atoms with Crippen molar-refractivity contribution >= 4 is 39.6 Å². The molecule has 0 aliphatic heterocycles. The topological polar surface area (TPSA) is 89.8 Å². The molecule has 0 aliphatic carbocycles. The number of aliphatic hydroxyl groups excluding tert-OH is 1. The predicted molar refractivity (Wildman–Crippen MR) is 82.6 cm³/mol. The van der Waals surface area contributed by atoms with Gasteiger partial charge in [0.1, 0.15) is 5.52 Å². The molecule has 0 saturated heterocycles. The highest BCUT2D eigenvalue weighted by atomic mass is 127. The number of hydrogen-bond donors (Lipinski definition) is 2. The Morgan fingerprint density at radius 3 is 2.79 bits per heavy atom. The number of aromatic nitrogens is 4. The van der Waals surface area contributed by atoms with Crippen LogP contribution < -0.4 is 5.73 Å². The molecule has 6 nitrogen and oxygen atoms in total. The Bertz CT molecular complexity index is 570. The smallest absolute Gasteiger partial charge is 0.194 e. The van der Waals surface area contributed by atoms with E-state index in [1.54, 1.807) is 6.33 Å². The molecule has 7 heteroatoms. The van der Waals surface area contributed by atoms with Crippen molar-refractivity contribution in [1.29, 1.82) is 0 Å². The highest BCUT2D eigenvalue weighted by Gasteiger charge is 2.15. The van der Waals surface area contributed by atoms with Crippen LogP contribution in [0.1, 0.15) is 32.7 Å². The lowest BCUT2D eigenvalue weighted by atomic mass is 10.0. The van der Waals surface area contributed by atoms with E-state index < -0.39 is 0 Å². The minimum Gasteiger partial charge on any atom is -0.396 e. The first-order chi connectivity index (χ1) is 9.02. The van der Waals surface area contributed by atoms with Crippen molar-refractivity contribution in [2.45, 2.75) is 32.7 Å². The second-order valence-corrected chi connectivity index (χ2v) is 5.88. The largest absolute Gasteiger partial charge is 0.396 e. The van der Waals surface area contributed by atoms with Crippen molar-refractivity contribution in [3.05, 3.63) is 10.2 Å². The average Bonchev–Trinajstić information content (AvgIpc) is 2.79. The molecule has 0 aromatic carbocycles. The third kappa shape index (κ3) is 3.14. The normalized spacial score (nSPS) is 14.7. The van der Waals surface area contributed by atoms with Crippen molar-refractivity contribution in [2.24, 2.45) is 5.92 Å². The lowest BCUT2D eigenvalue weighted by Crippen LogP contribution is -2.09. The highest BCUT2D eigenvalue weighted by molar-refractivity contribution is 14.1. The minimum atomic E-state index is 0.227. The Labute approximate surface area is 125 Å². The van der Waals surface area contributed by atoms with E-state index in [2.05, 4.69) is 44.5 Å². The first-order valence-corrected chi connectivity index (χ1v) is 7.37. The quantitative estimate of drug-likeness (QED) is 0.616. The van der Waals surface area contributed by atoms with E-state index in [1.165, 1.54) is 0 Å². The van der Waals surface area contributed by atoms with Crippen molar-refractivity contribution in [1.82, 2.24) is 19.5 Å². The summed E-state index contributed by atoms with van der Waals surface area (Å²) in [7, 11) is 0. The molecule has 2 atom stereocenters. The van der Waals surface area contributed by atoms with Crippen molar-refractivity contribution in [3.8, 4) is 0 Å². The molecule has 2 rings (SSSR count). The number of imidazole rings is 1. The van der Waals surface area contributed by atoms with Crippen LogP contribution in [0, 0.1) is 9.75 Å². The molecule has 3 N–H and O–H groups in total. The zero-order valence-corrected chi connectivity index (χ0v) is 13.2. The molecule has 0 aliphatic rings. The monoisotopic (exact) mass is 375 g/mol. The van der Waals surface area contributed by atoms with Gasteiger partial charge in [0.15, 0.2) is 15.3 Å². The van der Waals surface area contributed by atoms with E-state index in [1.807, 2.05) is 11.5 Å². The Morgan fingerprint density at radius 2 is 2.11 bits per heavy atom. The summed E-state index contributed by atoms with van der Waals surface area (Å²) >= 11 is 2.05. The van der Waals surface area contributed by atoms with Crippen LogP contribution in [-0.2, 0) is 0 Å². The van der Waals surface area contributed by atoms with Gasteiger partial charge < -0.3 is 15.4 Å². The first-order valence-electron chi connectivity index (χ1n) is 6.29. The minimum absolute atomic E-state index is 0.227.